The van der Waals surface area contributed by atoms with Crippen molar-refractivity contribution in [3.8, 4) is 6.07 Å². The van der Waals surface area contributed by atoms with Crippen molar-refractivity contribution < 1.29 is 0 Å². The molecule has 0 radical (unpaired) electrons. The van der Waals surface area contributed by atoms with Gasteiger partial charge in [-0.3, -0.25) is 0 Å². The highest BCUT2D eigenvalue weighted by Gasteiger charge is 2.11. The van der Waals surface area contributed by atoms with Crippen LogP contribution in [0.2, 0.25) is 0 Å². The van der Waals surface area contributed by atoms with Crippen molar-refractivity contribution in [1.82, 2.24) is 20.2 Å². The molecule has 0 aliphatic rings. The van der Waals surface area contributed by atoms with Gasteiger partial charge in [0.1, 0.15) is 0 Å². The molecule has 2 aromatic rings. The first-order valence-corrected chi connectivity index (χ1v) is 6.90. The van der Waals surface area contributed by atoms with Gasteiger partial charge in [0.05, 0.1) is 17.9 Å². The molecular weight excluding hydrogens is 254 g/mol. The maximum Gasteiger partial charge on any atom is 0.210 e. The Morgan fingerprint density at radius 2 is 2.53 bits per heavy atom. The van der Waals surface area contributed by atoms with Crippen LogP contribution in [0.3, 0.4) is 0 Å². The van der Waals surface area contributed by atoms with Gasteiger partial charge in [-0.1, -0.05) is 17.8 Å². The fourth-order valence-corrected chi connectivity index (χ4v) is 2.68. The van der Waals surface area contributed by atoms with Crippen molar-refractivity contribution in [3.05, 3.63) is 22.4 Å². The normalized spacial score (nSPS) is 12.2. The minimum Gasteiger partial charge on any atom is -0.220 e. The second-order valence-electron chi connectivity index (χ2n) is 3.40. The fraction of sp³-hybridized carbons (Fsp3) is 0.400. The van der Waals surface area contributed by atoms with Gasteiger partial charge in [-0.15, -0.1) is 16.4 Å². The number of nitrogens with zero attached hydrogens (tertiary/aromatic N) is 5. The van der Waals surface area contributed by atoms with E-state index in [1.807, 2.05) is 13.0 Å². The molecule has 0 spiro atoms. The Balaban J connectivity index is 1.97. The number of hydrogen-bond acceptors (Lipinski definition) is 6. The van der Waals surface area contributed by atoms with Crippen LogP contribution in [0.25, 0.3) is 0 Å². The number of thioether (sulfide) groups is 1. The Bertz CT molecular complexity index is 499. The standard InChI is InChI=1S/C10H11N5S2/c1-8(7-11)17-10-12-13-14-15(10)5-4-9-3-2-6-16-9/h2-3,6,8H,4-5H2,1H3/t8-/m1/s1. The molecule has 88 valence electrons. The van der Waals surface area contributed by atoms with Gasteiger partial charge in [0, 0.05) is 11.3 Å². The van der Waals surface area contributed by atoms with Gasteiger partial charge in [-0.2, -0.15) is 5.26 Å². The lowest BCUT2D eigenvalue weighted by Crippen LogP contribution is -2.06. The van der Waals surface area contributed by atoms with E-state index in [2.05, 4.69) is 33.0 Å². The Morgan fingerprint density at radius 1 is 1.65 bits per heavy atom. The van der Waals surface area contributed by atoms with E-state index in [0.29, 0.717) is 5.16 Å². The van der Waals surface area contributed by atoms with Crippen molar-refractivity contribution in [1.29, 1.82) is 5.26 Å². The summed E-state index contributed by atoms with van der Waals surface area (Å²) >= 11 is 3.11. The fourth-order valence-electron chi connectivity index (χ4n) is 1.28. The van der Waals surface area contributed by atoms with Gasteiger partial charge >= 0.3 is 0 Å². The number of nitriles is 1. The van der Waals surface area contributed by atoms with Gasteiger partial charge < -0.3 is 0 Å². The Kier molecular flexibility index (Phi) is 4.12. The Hall–Kier alpha value is -1.39. The maximum absolute atomic E-state index is 8.76. The van der Waals surface area contributed by atoms with E-state index in [0.717, 1.165) is 13.0 Å². The molecule has 0 saturated heterocycles. The van der Waals surface area contributed by atoms with Crippen LogP contribution in [-0.2, 0) is 13.0 Å². The Morgan fingerprint density at radius 3 is 3.24 bits per heavy atom. The van der Waals surface area contributed by atoms with Crippen molar-refractivity contribution in [2.24, 2.45) is 0 Å². The predicted molar refractivity (Wildman–Crippen MR) is 66.8 cm³/mol. The van der Waals surface area contributed by atoms with E-state index >= 15 is 0 Å². The van der Waals surface area contributed by atoms with Crippen molar-refractivity contribution >= 4 is 23.1 Å². The molecule has 0 aliphatic carbocycles. The SMILES string of the molecule is C[C@H](C#N)Sc1nnnn1CCc1cccs1. The number of thiophene rings is 1. The zero-order chi connectivity index (χ0) is 12.1. The lowest BCUT2D eigenvalue weighted by atomic mass is 10.3. The van der Waals surface area contributed by atoms with Gasteiger partial charge in [0.15, 0.2) is 0 Å². The van der Waals surface area contributed by atoms with E-state index < -0.39 is 0 Å². The number of tetrazole rings is 1. The second kappa shape index (κ2) is 5.80. The monoisotopic (exact) mass is 265 g/mol. The molecule has 5 nitrogen and oxygen atoms in total. The molecule has 17 heavy (non-hydrogen) atoms. The van der Waals surface area contributed by atoms with E-state index in [9.17, 15) is 0 Å². The number of aryl methyl sites for hydroxylation is 2. The van der Waals surface area contributed by atoms with Gasteiger partial charge in [-0.05, 0) is 28.8 Å². The van der Waals surface area contributed by atoms with Crippen LogP contribution in [0.1, 0.15) is 11.8 Å². The molecule has 0 aliphatic heterocycles. The molecule has 2 rings (SSSR count). The predicted octanol–water partition coefficient (Wildman–Crippen LogP) is 1.98. The highest BCUT2D eigenvalue weighted by atomic mass is 32.2. The molecule has 7 heteroatoms. The third kappa shape index (κ3) is 3.28. The van der Waals surface area contributed by atoms with Crippen LogP contribution in [-0.4, -0.2) is 25.5 Å². The summed E-state index contributed by atoms with van der Waals surface area (Å²) < 4.78 is 1.75. The molecule has 1 atom stereocenters. The van der Waals surface area contributed by atoms with Crippen molar-refractivity contribution in [2.45, 2.75) is 30.3 Å². The first-order chi connectivity index (χ1) is 8.29. The average molecular weight is 265 g/mol. The summed E-state index contributed by atoms with van der Waals surface area (Å²) in [7, 11) is 0. The first kappa shape index (κ1) is 12.1. The zero-order valence-corrected chi connectivity index (χ0v) is 10.9. The van der Waals surface area contributed by atoms with Gasteiger partial charge in [-0.25, -0.2) is 4.68 Å². The third-order valence-electron chi connectivity index (χ3n) is 2.11. The third-order valence-corrected chi connectivity index (χ3v) is 4.01. The summed E-state index contributed by atoms with van der Waals surface area (Å²) in [6, 6.07) is 6.29. The summed E-state index contributed by atoms with van der Waals surface area (Å²) in [4.78, 5) is 1.31. The Labute approximate surface area is 107 Å². The van der Waals surface area contributed by atoms with E-state index in [-0.39, 0.29) is 5.25 Å². The quantitative estimate of drug-likeness (QED) is 0.773. The molecule has 0 N–H and O–H groups in total. The molecular formula is C10H11N5S2. The topological polar surface area (TPSA) is 67.4 Å². The van der Waals surface area contributed by atoms with E-state index in [1.54, 1.807) is 16.0 Å². The highest BCUT2D eigenvalue weighted by Crippen LogP contribution is 2.19. The summed E-state index contributed by atoms with van der Waals surface area (Å²) in [5.74, 6) is 0. The molecule has 0 bridgehead atoms. The summed E-state index contributed by atoms with van der Waals surface area (Å²) in [6.07, 6.45) is 0.914. The number of rotatable bonds is 5. The molecule has 0 unspecified atom stereocenters. The largest absolute Gasteiger partial charge is 0.220 e. The molecule has 0 aromatic carbocycles. The molecule has 0 saturated carbocycles. The molecule has 2 heterocycles. The van der Waals surface area contributed by atoms with E-state index in [1.165, 1.54) is 16.6 Å². The highest BCUT2D eigenvalue weighted by molar-refractivity contribution is 8.00. The minimum absolute atomic E-state index is 0.138. The second-order valence-corrected chi connectivity index (χ2v) is 5.74. The summed E-state index contributed by atoms with van der Waals surface area (Å²) in [6.45, 7) is 2.58. The zero-order valence-electron chi connectivity index (χ0n) is 9.28. The number of hydrogen-bond donors (Lipinski definition) is 0. The van der Waals surface area contributed by atoms with Gasteiger partial charge in [0.25, 0.3) is 0 Å². The minimum atomic E-state index is -0.138. The molecule has 0 fully saturated rings. The van der Waals surface area contributed by atoms with Crippen molar-refractivity contribution in [2.75, 3.05) is 0 Å². The van der Waals surface area contributed by atoms with Crippen LogP contribution in [0.15, 0.2) is 22.7 Å². The van der Waals surface area contributed by atoms with Crippen LogP contribution in [0.4, 0.5) is 0 Å². The van der Waals surface area contributed by atoms with Crippen LogP contribution < -0.4 is 0 Å². The summed E-state index contributed by atoms with van der Waals surface area (Å²) in [5.41, 5.74) is 0. The first-order valence-electron chi connectivity index (χ1n) is 5.14. The average Bonchev–Trinajstić information content (AvgIpc) is 2.97. The van der Waals surface area contributed by atoms with Crippen molar-refractivity contribution in [3.63, 3.8) is 0 Å². The molecule has 0 amide bonds. The summed E-state index contributed by atoms with van der Waals surface area (Å²) in [5, 5.41) is 22.9. The van der Waals surface area contributed by atoms with E-state index in [4.69, 9.17) is 5.26 Å². The van der Waals surface area contributed by atoms with Crippen LogP contribution in [0.5, 0.6) is 0 Å². The molecule has 2 aromatic heterocycles. The lowest BCUT2D eigenvalue weighted by molar-refractivity contribution is 0.550. The smallest absolute Gasteiger partial charge is 0.210 e. The van der Waals surface area contributed by atoms with Crippen LogP contribution >= 0.6 is 23.1 Å². The number of aromatic nitrogens is 4. The van der Waals surface area contributed by atoms with Gasteiger partial charge in [0.2, 0.25) is 5.16 Å². The van der Waals surface area contributed by atoms with Crippen LogP contribution in [0, 0.1) is 11.3 Å². The maximum atomic E-state index is 8.76. The lowest BCUT2D eigenvalue weighted by Gasteiger charge is -2.03.